The normalized spacial score (nSPS) is 15.7. The van der Waals surface area contributed by atoms with E-state index in [1.54, 1.807) is 54.5 Å². The summed E-state index contributed by atoms with van der Waals surface area (Å²) in [5, 5.41) is 8.75. The number of carbonyl (C=O) groups excluding carboxylic acids is 1. The summed E-state index contributed by atoms with van der Waals surface area (Å²) in [6, 6.07) is 12.1. The molecule has 0 fully saturated rings. The second-order valence-corrected chi connectivity index (χ2v) is 7.68. The van der Waals surface area contributed by atoms with Crippen molar-refractivity contribution in [3.05, 3.63) is 48.0 Å². The Bertz CT molecular complexity index is 896. The summed E-state index contributed by atoms with van der Waals surface area (Å²) < 4.78 is 18.4. The number of methoxy groups -OCH3 is 1. The van der Waals surface area contributed by atoms with Crippen molar-refractivity contribution in [1.82, 2.24) is 0 Å². The van der Waals surface area contributed by atoms with E-state index >= 15 is 0 Å². The van der Waals surface area contributed by atoms with Crippen LogP contribution in [0, 0.1) is 0 Å². The molecule has 3 rings (SSSR count). The number of rotatable bonds is 7. The lowest BCUT2D eigenvalue weighted by Crippen LogP contribution is -2.31. The van der Waals surface area contributed by atoms with Gasteiger partial charge in [-0.3, -0.25) is 9.59 Å². The predicted molar refractivity (Wildman–Crippen MR) is 102 cm³/mol. The monoisotopic (exact) mass is 387 g/mol. The Morgan fingerprint density at radius 1 is 1.11 bits per heavy atom. The smallest absolute Gasteiger partial charge is 0.303 e. The van der Waals surface area contributed by atoms with Gasteiger partial charge in [-0.2, -0.15) is 0 Å². The average molecular weight is 387 g/mol. The van der Waals surface area contributed by atoms with Gasteiger partial charge in [0.2, 0.25) is 0 Å². The lowest BCUT2D eigenvalue weighted by atomic mass is 10.1. The molecular formula is C20H21NO5S. The topological polar surface area (TPSA) is 83.9 Å². The van der Waals surface area contributed by atoms with Gasteiger partial charge in [0.05, 0.1) is 39.0 Å². The number of hydrogen-bond acceptors (Lipinski definition) is 4. The van der Waals surface area contributed by atoms with Gasteiger partial charge >= 0.3 is 5.97 Å². The quantitative estimate of drug-likeness (QED) is 0.736. The molecule has 27 heavy (non-hydrogen) atoms. The molecule has 0 saturated heterocycles. The molecule has 1 atom stereocenters. The third kappa shape index (κ3) is 4.03. The fourth-order valence-electron chi connectivity index (χ4n) is 3.12. The predicted octanol–water partition coefficient (Wildman–Crippen LogP) is 3.47. The van der Waals surface area contributed by atoms with E-state index < -0.39 is 16.8 Å². The lowest BCUT2D eigenvalue weighted by Gasteiger charge is -2.23. The standard InChI is InChI=1S/C20H21NO5S/c1-26-14-10-11-18-16(13-14)21(12-6-2-3-9-19(22)23)20(24)15-7-4-5-8-17(15)27(18)25/h4-5,7-8,10-11,13H,2-3,6,9,12H2,1H3,(H,22,23). The molecule has 1 heterocycles. The number of carbonyl (C=O) groups is 2. The fraction of sp³-hybridized carbons (Fsp3) is 0.300. The zero-order valence-electron chi connectivity index (χ0n) is 15.0. The summed E-state index contributed by atoms with van der Waals surface area (Å²) >= 11 is 0. The van der Waals surface area contributed by atoms with E-state index in [9.17, 15) is 13.8 Å². The van der Waals surface area contributed by atoms with Crippen LogP contribution in [-0.2, 0) is 15.6 Å². The molecule has 0 saturated carbocycles. The first-order chi connectivity index (χ1) is 13.0. The molecule has 1 aliphatic rings. The van der Waals surface area contributed by atoms with Gasteiger partial charge in [-0.05, 0) is 37.1 Å². The third-order valence-electron chi connectivity index (χ3n) is 4.49. The van der Waals surface area contributed by atoms with Crippen LogP contribution in [-0.4, -0.2) is 34.8 Å². The number of carboxylic acids is 1. The first kappa shape index (κ1) is 19.1. The zero-order valence-corrected chi connectivity index (χ0v) is 15.8. The van der Waals surface area contributed by atoms with Crippen molar-refractivity contribution in [2.45, 2.75) is 35.5 Å². The Balaban J connectivity index is 1.95. The molecular weight excluding hydrogens is 366 g/mol. The van der Waals surface area contributed by atoms with Crippen molar-refractivity contribution >= 4 is 28.4 Å². The minimum absolute atomic E-state index is 0.116. The molecule has 1 amide bonds. The SMILES string of the molecule is COc1ccc2c(c1)N(CCCCCC(=O)O)C(=O)c1ccccc1S2=O. The second kappa shape index (κ2) is 8.35. The maximum Gasteiger partial charge on any atom is 0.303 e. The number of unbranched alkanes of at least 4 members (excludes halogenated alkanes) is 2. The van der Waals surface area contributed by atoms with Crippen LogP contribution in [0.25, 0.3) is 0 Å². The highest BCUT2D eigenvalue weighted by molar-refractivity contribution is 7.85. The lowest BCUT2D eigenvalue weighted by molar-refractivity contribution is -0.137. The van der Waals surface area contributed by atoms with Gasteiger partial charge in [0.15, 0.2) is 0 Å². The van der Waals surface area contributed by atoms with Crippen LogP contribution >= 0.6 is 0 Å². The van der Waals surface area contributed by atoms with Crippen molar-refractivity contribution in [2.24, 2.45) is 0 Å². The van der Waals surface area contributed by atoms with Crippen LogP contribution in [0.1, 0.15) is 36.0 Å². The van der Waals surface area contributed by atoms with Gasteiger partial charge in [0.25, 0.3) is 5.91 Å². The van der Waals surface area contributed by atoms with E-state index in [1.807, 2.05) is 0 Å². The number of aliphatic carboxylic acids is 1. The van der Waals surface area contributed by atoms with Crippen LogP contribution in [0.5, 0.6) is 5.75 Å². The van der Waals surface area contributed by atoms with E-state index in [4.69, 9.17) is 9.84 Å². The maximum absolute atomic E-state index is 13.2. The molecule has 0 radical (unpaired) electrons. The number of ether oxygens (including phenoxy) is 1. The number of carboxylic acid groups (broad SMARTS) is 1. The summed E-state index contributed by atoms with van der Waals surface area (Å²) in [6.07, 6.45) is 2.03. The van der Waals surface area contributed by atoms with Gasteiger partial charge < -0.3 is 14.7 Å². The molecule has 0 spiro atoms. The maximum atomic E-state index is 13.2. The Kier molecular flexibility index (Phi) is 5.91. The number of fused-ring (bicyclic) bond motifs is 2. The van der Waals surface area contributed by atoms with Gasteiger partial charge in [-0.1, -0.05) is 18.6 Å². The number of hydrogen-bond donors (Lipinski definition) is 1. The first-order valence-electron chi connectivity index (χ1n) is 8.75. The summed E-state index contributed by atoms with van der Waals surface area (Å²) in [7, 11) is 0.0739. The van der Waals surface area contributed by atoms with E-state index in [0.29, 0.717) is 52.6 Å². The Morgan fingerprint density at radius 3 is 2.63 bits per heavy atom. The summed E-state index contributed by atoms with van der Waals surface area (Å²) in [5.74, 6) is -0.440. The summed E-state index contributed by atoms with van der Waals surface area (Å²) in [5.41, 5.74) is 1.00. The Morgan fingerprint density at radius 2 is 1.89 bits per heavy atom. The largest absolute Gasteiger partial charge is 0.497 e. The van der Waals surface area contributed by atoms with Crippen molar-refractivity contribution in [3.8, 4) is 5.75 Å². The summed E-state index contributed by atoms with van der Waals surface area (Å²) in [6.45, 7) is 0.421. The molecule has 0 aliphatic carbocycles. The average Bonchev–Trinajstić information content (AvgIpc) is 2.76. The molecule has 142 valence electrons. The van der Waals surface area contributed by atoms with E-state index in [1.165, 1.54) is 0 Å². The molecule has 2 aromatic rings. The van der Waals surface area contributed by atoms with Crippen LogP contribution in [0.3, 0.4) is 0 Å². The minimum atomic E-state index is -1.47. The highest BCUT2D eigenvalue weighted by atomic mass is 32.2. The highest BCUT2D eigenvalue weighted by Crippen LogP contribution is 2.36. The molecule has 0 bridgehead atoms. The van der Waals surface area contributed by atoms with E-state index in [-0.39, 0.29) is 12.3 Å². The number of anilines is 1. The Labute approximate surface area is 160 Å². The zero-order chi connectivity index (χ0) is 19.4. The van der Waals surface area contributed by atoms with Crippen molar-refractivity contribution in [3.63, 3.8) is 0 Å². The second-order valence-electron chi connectivity index (χ2n) is 6.26. The number of nitrogens with zero attached hydrogens (tertiary/aromatic N) is 1. The van der Waals surface area contributed by atoms with Crippen LogP contribution in [0.15, 0.2) is 52.3 Å². The van der Waals surface area contributed by atoms with Crippen LogP contribution in [0.4, 0.5) is 5.69 Å². The van der Waals surface area contributed by atoms with Gasteiger partial charge in [0.1, 0.15) is 5.75 Å². The van der Waals surface area contributed by atoms with Crippen LogP contribution < -0.4 is 9.64 Å². The van der Waals surface area contributed by atoms with Crippen molar-refractivity contribution < 1.29 is 23.6 Å². The third-order valence-corrected chi connectivity index (χ3v) is 5.99. The first-order valence-corrected chi connectivity index (χ1v) is 9.90. The van der Waals surface area contributed by atoms with Gasteiger partial charge in [-0.15, -0.1) is 0 Å². The van der Waals surface area contributed by atoms with Gasteiger partial charge in [-0.25, -0.2) is 4.21 Å². The molecule has 6 nitrogen and oxygen atoms in total. The van der Waals surface area contributed by atoms with Crippen LogP contribution in [0.2, 0.25) is 0 Å². The molecule has 2 aromatic carbocycles. The van der Waals surface area contributed by atoms with E-state index in [0.717, 1.165) is 0 Å². The molecule has 1 unspecified atom stereocenters. The molecule has 7 heteroatoms. The highest BCUT2D eigenvalue weighted by Gasteiger charge is 2.30. The van der Waals surface area contributed by atoms with Crippen molar-refractivity contribution in [2.75, 3.05) is 18.6 Å². The minimum Gasteiger partial charge on any atom is -0.497 e. The number of amides is 1. The Hall–Kier alpha value is -2.67. The van der Waals surface area contributed by atoms with E-state index in [2.05, 4.69) is 0 Å². The molecule has 1 aliphatic heterocycles. The molecule has 1 N–H and O–H groups in total. The molecule has 0 aromatic heterocycles. The fourth-order valence-corrected chi connectivity index (χ4v) is 4.46. The van der Waals surface area contributed by atoms with Crippen molar-refractivity contribution in [1.29, 1.82) is 0 Å². The number of benzene rings is 2. The summed E-state index contributed by atoms with van der Waals surface area (Å²) in [4.78, 5) is 26.5. The van der Waals surface area contributed by atoms with Gasteiger partial charge in [0, 0.05) is 19.0 Å².